The van der Waals surface area contributed by atoms with Crippen LogP contribution < -0.4 is 14.4 Å². The molecule has 0 N–H and O–H groups in total. The zero-order chi connectivity index (χ0) is 19.2. The minimum Gasteiger partial charge on any atom is -0.494 e. The SMILES string of the molecule is C=CCOc1ccccc1/C=C1\SC(=S)N(c2ccc(OCC)cc2)C1=O. The number of para-hydroxylation sites is 1. The van der Waals surface area contributed by atoms with Crippen molar-refractivity contribution in [3.63, 3.8) is 0 Å². The van der Waals surface area contributed by atoms with Gasteiger partial charge in [-0.3, -0.25) is 9.69 Å². The van der Waals surface area contributed by atoms with Crippen molar-refractivity contribution in [3.8, 4) is 11.5 Å². The summed E-state index contributed by atoms with van der Waals surface area (Å²) in [6.45, 7) is 6.58. The molecule has 1 aliphatic rings. The molecule has 0 aromatic heterocycles. The summed E-state index contributed by atoms with van der Waals surface area (Å²) in [4.78, 5) is 15.0. The van der Waals surface area contributed by atoms with Crippen molar-refractivity contribution < 1.29 is 14.3 Å². The van der Waals surface area contributed by atoms with Crippen LogP contribution in [0, 0.1) is 0 Å². The molecule has 0 atom stereocenters. The molecule has 1 heterocycles. The van der Waals surface area contributed by atoms with Gasteiger partial charge in [0.1, 0.15) is 18.1 Å². The number of thiocarbonyl (C=S) groups is 1. The van der Waals surface area contributed by atoms with E-state index >= 15 is 0 Å². The summed E-state index contributed by atoms with van der Waals surface area (Å²) < 4.78 is 11.6. The standard InChI is InChI=1S/C21H19NO3S2/c1-3-13-25-18-8-6-5-7-15(18)14-19-20(23)22(21(26)27-19)16-9-11-17(12-10-16)24-4-2/h3,5-12,14H,1,4,13H2,2H3/b19-14-. The van der Waals surface area contributed by atoms with Crippen LogP contribution in [0.2, 0.25) is 0 Å². The molecule has 1 fully saturated rings. The van der Waals surface area contributed by atoms with E-state index in [4.69, 9.17) is 21.7 Å². The molecule has 0 radical (unpaired) electrons. The van der Waals surface area contributed by atoms with Gasteiger partial charge in [0.05, 0.1) is 17.2 Å². The van der Waals surface area contributed by atoms with E-state index in [0.717, 1.165) is 17.0 Å². The predicted octanol–water partition coefficient (Wildman–Crippen LogP) is 5.06. The molecule has 2 aromatic rings. The lowest BCUT2D eigenvalue weighted by Crippen LogP contribution is -2.27. The molecular weight excluding hydrogens is 378 g/mol. The largest absolute Gasteiger partial charge is 0.494 e. The second kappa shape index (κ2) is 8.88. The summed E-state index contributed by atoms with van der Waals surface area (Å²) >= 11 is 6.71. The topological polar surface area (TPSA) is 38.8 Å². The molecule has 27 heavy (non-hydrogen) atoms. The minimum atomic E-state index is -0.146. The van der Waals surface area contributed by atoms with Crippen molar-refractivity contribution in [2.45, 2.75) is 6.92 Å². The highest BCUT2D eigenvalue weighted by Gasteiger charge is 2.33. The molecule has 0 spiro atoms. The summed E-state index contributed by atoms with van der Waals surface area (Å²) in [6, 6.07) is 14.9. The van der Waals surface area contributed by atoms with Gasteiger partial charge >= 0.3 is 0 Å². The fourth-order valence-electron chi connectivity index (χ4n) is 2.57. The van der Waals surface area contributed by atoms with Crippen LogP contribution >= 0.6 is 24.0 Å². The Labute approximate surface area is 168 Å². The predicted molar refractivity (Wildman–Crippen MR) is 115 cm³/mol. The van der Waals surface area contributed by atoms with Gasteiger partial charge in [-0.25, -0.2) is 0 Å². The first-order valence-corrected chi connectivity index (χ1v) is 9.70. The number of amides is 1. The van der Waals surface area contributed by atoms with Crippen molar-refractivity contribution in [2.75, 3.05) is 18.1 Å². The molecular formula is C21H19NO3S2. The first-order valence-electron chi connectivity index (χ1n) is 8.47. The molecule has 1 saturated heterocycles. The third kappa shape index (κ3) is 4.40. The van der Waals surface area contributed by atoms with Crippen LogP contribution in [0.4, 0.5) is 5.69 Å². The molecule has 138 valence electrons. The molecule has 6 heteroatoms. The van der Waals surface area contributed by atoms with E-state index in [-0.39, 0.29) is 5.91 Å². The molecule has 3 rings (SSSR count). The van der Waals surface area contributed by atoms with Crippen LogP contribution in [0.15, 0.2) is 66.1 Å². The van der Waals surface area contributed by atoms with Crippen molar-refractivity contribution in [2.24, 2.45) is 0 Å². The number of carbonyl (C=O) groups is 1. The highest BCUT2D eigenvalue weighted by atomic mass is 32.2. The van der Waals surface area contributed by atoms with Crippen LogP contribution in [-0.2, 0) is 4.79 Å². The van der Waals surface area contributed by atoms with Gasteiger partial charge in [-0.1, -0.05) is 54.8 Å². The third-order valence-corrected chi connectivity index (χ3v) is 5.06. The maximum Gasteiger partial charge on any atom is 0.270 e. The first kappa shape index (κ1) is 19.2. The van der Waals surface area contributed by atoms with Crippen molar-refractivity contribution in [3.05, 3.63) is 71.7 Å². The number of carbonyl (C=O) groups excluding carboxylic acids is 1. The number of anilines is 1. The number of hydrogen-bond acceptors (Lipinski definition) is 5. The van der Waals surface area contributed by atoms with E-state index < -0.39 is 0 Å². The van der Waals surface area contributed by atoms with Gasteiger partial charge in [-0.15, -0.1) is 0 Å². The Kier molecular flexibility index (Phi) is 6.32. The summed E-state index contributed by atoms with van der Waals surface area (Å²) in [7, 11) is 0. The Morgan fingerprint density at radius 1 is 1.15 bits per heavy atom. The van der Waals surface area contributed by atoms with Gasteiger partial charge in [0.2, 0.25) is 0 Å². The maximum atomic E-state index is 12.9. The molecule has 4 nitrogen and oxygen atoms in total. The average Bonchev–Trinajstić information content (AvgIpc) is 2.95. The molecule has 0 aliphatic carbocycles. The third-order valence-electron chi connectivity index (χ3n) is 3.76. The van der Waals surface area contributed by atoms with Crippen LogP contribution in [0.25, 0.3) is 6.08 Å². The smallest absolute Gasteiger partial charge is 0.270 e. The Balaban J connectivity index is 1.86. The second-order valence-electron chi connectivity index (χ2n) is 5.58. The summed E-state index contributed by atoms with van der Waals surface area (Å²) in [5, 5.41) is 0. The van der Waals surface area contributed by atoms with Gasteiger partial charge < -0.3 is 9.47 Å². The van der Waals surface area contributed by atoms with E-state index in [9.17, 15) is 4.79 Å². The maximum absolute atomic E-state index is 12.9. The lowest BCUT2D eigenvalue weighted by atomic mass is 10.2. The molecule has 2 aromatic carbocycles. The number of hydrogen-bond donors (Lipinski definition) is 0. The van der Waals surface area contributed by atoms with Crippen molar-refractivity contribution in [1.82, 2.24) is 0 Å². The molecule has 1 amide bonds. The van der Waals surface area contributed by atoms with E-state index in [1.165, 1.54) is 16.7 Å². The fraction of sp³-hybridized carbons (Fsp3) is 0.143. The number of rotatable bonds is 7. The van der Waals surface area contributed by atoms with Gasteiger partial charge in [0, 0.05) is 5.56 Å². The molecule has 0 unspecified atom stereocenters. The van der Waals surface area contributed by atoms with E-state index in [1.54, 1.807) is 6.08 Å². The van der Waals surface area contributed by atoms with Crippen molar-refractivity contribution in [1.29, 1.82) is 0 Å². The van der Waals surface area contributed by atoms with Gasteiger partial charge in [0.15, 0.2) is 4.32 Å². The van der Waals surface area contributed by atoms with Crippen LogP contribution in [-0.4, -0.2) is 23.4 Å². The number of thioether (sulfide) groups is 1. The van der Waals surface area contributed by atoms with Gasteiger partial charge in [-0.05, 0) is 43.3 Å². The Morgan fingerprint density at radius 2 is 1.89 bits per heavy atom. The van der Waals surface area contributed by atoms with E-state index in [0.29, 0.717) is 28.2 Å². The Hall–Kier alpha value is -2.57. The number of ether oxygens (including phenoxy) is 2. The highest BCUT2D eigenvalue weighted by Crippen LogP contribution is 2.37. The second-order valence-corrected chi connectivity index (χ2v) is 7.26. The van der Waals surface area contributed by atoms with Crippen LogP contribution in [0.5, 0.6) is 11.5 Å². The zero-order valence-corrected chi connectivity index (χ0v) is 16.5. The fourth-order valence-corrected chi connectivity index (χ4v) is 3.86. The van der Waals surface area contributed by atoms with Crippen molar-refractivity contribution >= 4 is 46.0 Å². The van der Waals surface area contributed by atoms with Crippen LogP contribution in [0.3, 0.4) is 0 Å². The average molecular weight is 398 g/mol. The highest BCUT2D eigenvalue weighted by molar-refractivity contribution is 8.27. The quantitative estimate of drug-likeness (QED) is 0.371. The first-order chi connectivity index (χ1) is 13.1. The van der Waals surface area contributed by atoms with Gasteiger partial charge in [-0.2, -0.15) is 0 Å². The van der Waals surface area contributed by atoms with E-state index in [1.807, 2.05) is 61.5 Å². The number of benzene rings is 2. The Morgan fingerprint density at radius 3 is 2.59 bits per heavy atom. The minimum absolute atomic E-state index is 0.146. The van der Waals surface area contributed by atoms with Gasteiger partial charge in [0.25, 0.3) is 5.91 Å². The molecule has 1 aliphatic heterocycles. The molecule has 0 bridgehead atoms. The normalized spacial score (nSPS) is 15.3. The summed E-state index contributed by atoms with van der Waals surface area (Å²) in [5.74, 6) is 1.31. The number of nitrogens with zero attached hydrogens (tertiary/aromatic N) is 1. The lowest BCUT2D eigenvalue weighted by Gasteiger charge is -2.15. The van der Waals surface area contributed by atoms with E-state index in [2.05, 4.69) is 6.58 Å². The Bertz CT molecular complexity index is 891. The summed E-state index contributed by atoms with van der Waals surface area (Å²) in [5.41, 5.74) is 1.55. The lowest BCUT2D eigenvalue weighted by molar-refractivity contribution is -0.113. The molecule has 0 saturated carbocycles. The monoisotopic (exact) mass is 397 g/mol. The summed E-state index contributed by atoms with van der Waals surface area (Å²) in [6.07, 6.45) is 3.49. The zero-order valence-electron chi connectivity index (χ0n) is 14.9. The van der Waals surface area contributed by atoms with Crippen LogP contribution in [0.1, 0.15) is 12.5 Å².